The lowest BCUT2D eigenvalue weighted by atomic mass is 10.0. The zero-order valence-electron chi connectivity index (χ0n) is 20.8. The highest BCUT2D eigenvalue weighted by molar-refractivity contribution is 5.83. The van der Waals surface area contributed by atoms with Crippen LogP contribution in [-0.2, 0) is 12.7 Å². The number of ether oxygens (including phenoxy) is 2. The average Bonchev–Trinajstić information content (AvgIpc) is 3.41. The largest absolute Gasteiger partial charge is 0.480 e. The van der Waals surface area contributed by atoms with E-state index in [1.807, 2.05) is 6.07 Å². The summed E-state index contributed by atoms with van der Waals surface area (Å²) in [5, 5.41) is 7.47. The molecule has 4 heterocycles. The first-order chi connectivity index (χ1) is 19.0. The molecule has 15 heteroatoms. The van der Waals surface area contributed by atoms with E-state index in [2.05, 4.69) is 25.1 Å². The van der Waals surface area contributed by atoms with Gasteiger partial charge in [0.05, 0.1) is 31.0 Å². The molecular weight excluding hydrogens is 544 g/mol. The summed E-state index contributed by atoms with van der Waals surface area (Å²) in [6.07, 6.45) is -4.28. The fourth-order valence-electron chi connectivity index (χ4n) is 4.95. The van der Waals surface area contributed by atoms with Crippen LogP contribution in [0, 0.1) is 0 Å². The van der Waals surface area contributed by atoms with Gasteiger partial charge in [-0.2, -0.15) is 41.5 Å². The second-order valence-corrected chi connectivity index (χ2v) is 9.30. The van der Waals surface area contributed by atoms with Crippen molar-refractivity contribution in [3.05, 3.63) is 59.7 Å². The van der Waals surface area contributed by atoms with Crippen LogP contribution >= 0.6 is 0 Å². The van der Waals surface area contributed by atoms with Crippen molar-refractivity contribution in [1.29, 1.82) is 0 Å². The molecule has 2 atom stereocenters. The Morgan fingerprint density at radius 1 is 0.975 bits per heavy atom. The van der Waals surface area contributed by atoms with Crippen LogP contribution in [0.2, 0.25) is 0 Å². The summed E-state index contributed by atoms with van der Waals surface area (Å²) in [6.45, 7) is -1.63. The number of fused-ring (bicyclic) bond motifs is 2. The molecule has 5 aromatic rings. The fraction of sp³-hybridized carbons (Fsp3) is 0.320. The van der Waals surface area contributed by atoms with E-state index in [1.54, 1.807) is 16.9 Å². The second-order valence-electron chi connectivity index (χ2n) is 9.30. The van der Waals surface area contributed by atoms with Crippen molar-refractivity contribution in [2.75, 3.05) is 14.2 Å². The number of hydrogen-bond acceptors (Lipinski definition) is 7. The predicted octanol–water partition coefficient (Wildman–Crippen LogP) is 5.41. The van der Waals surface area contributed by atoms with Gasteiger partial charge in [-0.05, 0) is 36.0 Å². The van der Waals surface area contributed by atoms with E-state index in [0.717, 1.165) is 5.56 Å². The number of benzene rings is 1. The molecule has 1 fully saturated rings. The molecule has 4 aromatic heterocycles. The van der Waals surface area contributed by atoms with Crippen LogP contribution in [0.5, 0.6) is 11.9 Å². The van der Waals surface area contributed by atoms with E-state index in [4.69, 9.17) is 9.47 Å². The van der Waals surface area contributed by atoms with Gasteiger partial charge in [-0.25, -0.2) is 14.5 Å². The Balaban J connectivity index is 1.40. The highest BCUT2D eigenvalue weighted by Crippen LogP contribution is 2.56. The van der Waals surface area contributed by atoms with E-state index in [9.17, 15) is 26.3 Å². The minimum atomic E-state index is -4.90. The molecule has 1 saturated carbocycles. The van der Waals surface area contributed by atoms with Crippen molar-refractivity contribution < 1.29 is 35.8 Å². The maximum Gasteiger partial charge on any atom is 0.435 e. The average molecular weight is 563 g/mol. The summed E-state index contributed by atoms with van der Waals surface area (Å²) in [6, 6.07) is 5.98. The third-order valence-corrected chi connectivity index (χ3v) is 6.76. The van der Waals surface area contributed by atoms with Gasteiger partial charge in [0.2, 0.25) is 5.88 Å². The number of imidazole rings is 1. The summed E-state index contributed by atoms with van der Waals surface area (Å²) in [5.41, 5.74) is 1.38. The molecule has 0 aliphatic heterocycles. The summed E-state index contributed by atoms with van der Waals surface area (Å²) in [5.74, 6) is -0.0472. The lowest BCUT2D eigenvalue weighted by molar-refractivity contribution is -0.148. The quantitative estimate of drug-likeness (QED) is 0.255. The van der Waals surface area contributed by atoms with Crippen molar-refractivity contribution in [1.82, 2.24) is 34.3 Å². The molecule has 1 aliphatic rings. The van der Waals surface area contributed by atoms with E-state index in [0.29, 0.717) is 33.6 Å². The van der Waals surface area contributed by atoms with E-state index < -0.39 is 24.6 Å². The Morgan fingerprint density at radius 2 is 1.77 bits per heavy atom. The van der Waals surface area contributed by atoms with Crippen LogP contribution in [-0.4, -0.2) is 54.7 Å². The van der Waals surface area contributed by atoms with Crippen LogP contribution in [0.3, 0.4) is 0 Å². The van der Waals surface area contributed by atoms with Gasteiger partial charge >= 0.3 is 18.4 Å². The van der Waals surface area contributed by atoms with E-state index in [1.165, 1.54) is 38.6 Å². The van der Waals surface area contributed by atoms with Crippen molar-refractivity contribution >= 4 is 16.6 Å². The highest BCUT2D eigenvalue weighted by Gasteiger charge is 2.43. The Hall–Kier alpha value is -4.43. The van der Waals surface area contributed by atoms with Crippen LogP contribution in [0.25, 0.3) is 27.8 Å². The van der Waals surface area contributed by atoms with Crippen molar-refractivity contribution in [3.63, 3.8) is 0 Å². The molecule has 0 N–H and O–H groups in total. The molecule has 6 rings (SSSR count). The van der Waals surface area contributed by atoms with Gasteiger partial charge in [0.25, 0.3) is 0 Å². The molecular formula is C25H19F6N7O2. The summed E-state index contributed by atoms with van der Waals surface area (Å²) < 4.78 is 92.4. The van der Waals surface area contributed by atoms with Gasteiger partial charge in [0.1, 0.15) is 6.54 Å². The summed E-state index contributed by atoms with van der Waals surface area (Å²) in [7, 11) is 2.87. The zero-order valence-corrected chi connectivity index (χ0v) is 20.8. The number of aromatic nitrogens is 7. The highest BCUT2D eigenvalue weighted by atomic mass is 19.4. The third kappa shape index (κ3) is 4.54. The molecule has 208 valence electrons. The Bertz CT molecular complexity index is 1740. The van der Waals surface area contributed by atoms with Gasteiger partial charge in [-0.15, -0.1) is 0 Å². The van der Waals surface area contributed by atoms with Gasteiger partial charge in [0.15, 0.2) is 11.3 Å². The number of halogens is 6. The standard InChI is InChI=1S/C25H19F6N7O2/c1-39-22-17(10-33-23(34-22)40-2)18-9-16(21-32-5-6-37(21)35-18)15-8-14(15)12-3-4-13-19(7-12)38(11-24(26,27)28)36-20(13)25(29,30)31/h3-7,9-10,14-15H,8,11H2,1-2H3/t14-,15+/m1/s1. The Kier molecular flexibility index (Phi) is 5.85. The van der Waals surface area contributed by atoms with Crippen LogP contribution in [0.4, 0.5) is 26.3 Å². The SMILES string of the molecule is COc1ncc(-c2cc([C@H]3C[C@@H]3c3ccc4c(C(F)(F)F)nn(CC(F)(F)F)c4c3)c3nccn3n2)c(OC)n1. The first-order valence-electron chi connectivity index (χ1n) is 11.9. The fourth-order valence-corrected chi connectivity index (χ4v) is 4.95. The molecule has 1 aliphatic carbocycles. The van der Waals surface area contributed by atoms with Crippen molar-refractivity contribution in [2.45, 2.75) is 37.2 Å². The van der Waals surface area contributed by atoms with Gasteiger partial charge < -0.3 is 9.47 Å². The first-order valence-corrected chi connectivity index (χ1v) is 11.9. The topological polar surface area (TPSA) is 92.3 Å². The molecule has 40 heavy (non-hydrogen) atoms. The van der Waals surface area contributed by atoms with Gasteiger partial charge in [-0.1, -0.05) is 12.1 Å². The monoisotopic (exact) mass is 563 g/mol. The number of alkyl halides is 6. The summed E-state index contributed by atoms with van der Waals surface area (Å²) in [4.78, 5) is 12.7. The zero-order chi connectivity index (χ0) is 28.4. The lowest BCUT2D eigenvalue weighted by Crippen LogP contribution is -2.19. The van der Waals surface area contributed by atoms with Crippen LogP contribution < -0.4 is 9.47 Å². The molecule has 0 radical (unpaired) electrons. The van der Waals surface area contributed by atoms with Crippen molar-refractivity contribution in [2.24, 2.45) is 0 Å². The Labute approximate surface area is 221 Å². The van der Waals surface area contributed by atoms with Gasteiger partial charge in [-0.3, -0.25) is 4.68 Å². The molecule has 0 unspecified atom stereocenters. The minimum absolute atomic E-state index is 0.112. The molecule has 0 spiro atoms. The van der Waals surface area contributed by atoms with E-state index in [-0.39, 0.29) is 34.6 Å². The maximum absolute atomic E-state index is 13.5. The molecule has 0 amide bonds. The predicted molar refractivity (Wildman–Crippen MR) is 128 cm³/mol. The van der Waals surface area contributed by atoms with Gasteiger partial charge in [0, 0.05) is 29.5 Å². The summed E-state index contributed by atoms with van der Waals surface area (Å²) >= 11 is 0. The lowest BCUT2D eigenvalue weighted by Gasteiger charge is -2.11. The smallest absolute Gasteiger partial charge is 0.435 e. The molecule has 1 aromatic carbocycles. The van der Waals surface area contributed by atoms with Crippen LogP contribution in [0.1, 0.15) is 35.1 Å². The first kappa shape index (κ1) is 25.8. The number of rotatable bonds is 6. The number of methoxy groups -OCH3 is 2. The van der Waals surface area contributed by atoms with E-state index >= 15 is 0 Å². The van der Waals surface area contributed by atoms with Crippen LogP contribution in [0.15, 0.2) is 42.9 Å². The Morgan fingerprint density at radius 3 is 2.48 bits per heavy atom. The third-order valence-electron chi connectivity index (χ3n) is 6.76. The molecule has 0 saturated heterocycles. The normalized spacial score (nSPS) is 17.5. The second kappa shape index (κ2) is 9.06. The minimum Gasteiger partial charge on any atom is -0.480 e. The molecule has 9 nitrogen and oxygen atoms in total. The molecule has 0 bridgehead atoms. The van der Waals surface area contributed by atoms with Crippen molar-refractivity contribution in [3.8, 4) is 23.1 Å². The number of nitrogens with zero attached hydrogens (tertiary/aromatic N) is 7. The number of hydrogen-bond donors (Lipinski definition) is 0. The maximum atomic E-state index is 13.5.